The van der Waals surface area contributed by atoms with Gasteiger partial charge >= 0.3 is 0 Å². The van der Waals surface area contributed by atoms with Crippen molar-refractivity contribution in [3.05, 3.63) is 42.9 Å². The molecule has 1 heterocycles. The molecule has 0 saturated carbocycles. The van der Waals surface area contributed by atoms with Crippen LogP contribution in [0.1, 0.15) is 18.4 Å². The van der Waals surface area contributed by atoms with Gasteiger partial charge in [0.2, 0.25) is 0 Å². The number of rotatable bonds is 2. The van der Waals surface area contributed by atoms with Crippen LogP contribution in [0.2, 0.25) is 0 Å². The molecule has 0 amide bonds. The van der Waals surface area contributed by atoms with E-state index in [1.165, 1.54) is 10.5 Å². The molecule has 1 fully saturated rings. The van der Waals surface area contributed by atoms with E-state index in [0.717, 1.165) is 32.4 Å². The summed E-state index contributed by atoms with van der Waals surface area (Å²) in [6, 6.07) is 10.2. The second kappa shape index (κ2) is 4.33. The van der Waals surface area contributed by atoms with Crippen molar-refractivity contribution < 1.29 is 10.0 Å². The van der Waals surface area contributed by atoms with Crippen LogP contribution >= 0.6 is 0 Å². The van der Waals surface area contributed by atoms with Crippen LogP contribution in [0.3, 0.4) is 0 Å². The Kier molecular flexibility index (Phi) is 3.08. The fourth-order valence-electron chi connectivity index (χ4n) is 2.22. The summed E-state index contributed by atoms with van der Waals surface area (Å²) in [5.41, 5.74) is 0.732. The lowest BCUT2D eigenvalue weighted by Gasteiger charge is -2.37. The molecule has 1 aromatic rings. The van der Waals surface area contributed by atoms with Crippen LogP contribution in [-0.2, 0) is 6.42 Å². The smallest absolute Gasteiger partial charge is 0.0793 e. The predicted octanol–water partition coefficient (Wildman–Crippen LogP) is 0.430. The molecular formula is C13H19NO. The van der Waals surface area contributed by atoms with Gasteiger partial charge in [-0.05, 0) is 5.56 Å². The number of benzene rings is 1. The first-order valence-corrected chi connectivity index (χ1v) is 5.61. The number of hydrogen-bond donors (Lipinski definition) is 2. The van der Waals surface area contributed by atoms with E-state index in [1.54, 1.807) is 0 Å². The first-order chi connectivity index (χ1) is 7.18. The Hall–Kier alpha value is -0.860. The van der Waals surface area contributed by atoms with Crippen LogP contribution in [0.4, 0.5) is 0 Å². The molecule has 1 aromatic carbocycles. The van der Waals surface area contributed by atoms with Crippen molar-refractivity contribution >= 4 is 0 Å². The third-order valence-electron chi connectivity index (χ3n) is 3.26. The SMILES string of the molecule is [CH2-][NH+]1CCC(O)(Cc2ccccc2)CC1. The molecule has 82 valence electrons. The van der Waals surface area contributed by atoms with Crippen molar-refractivity contribution in [3.8, 4) is 0 Å². The van der Waals surface area contributed by atoms with Gasteiger partial charge in [-0.25, -0.2) is 0 Å². The lowest BCUT2D eigenvalue weighted by molar-refractivity contribution is -0.862. The molecule has 2 heteroatoms. The van der Waals surface area contributed by atoms with Gasteiger partial charge in [0.05, 0.1) is 18.7 Å². The predicted molar refractivity (Wildman–Crippen MR) is 60.4 cm³/mol. The number of aliphatic hydroxyl groups is 1. The zero-order chi connectivity index (χ0) is 10.7. The van der Waals surface area contributed by atoms with Gasteiger partial charge in [0, 0.05) is 19.3 Å². The molecule has 0 unspecified atom stereocenters. The van der Waals surface area contributed by atoms with Gasteiger partial charge in [0.1, 0.15) is 0 Å². The average molecular weight is 205 g/mol. The van der Waals surface area contributed by atoms with E-state index in [-0.39, 0.29) is 0 Å². The standard InChI is InChI=1S/C13H19NO/c1-14-9-7-13(15,8-10-14)11-12-5-3-2-4-6-12/h2-6,14-15H,1,7-11H2. The quantitative estimate of drug-likeness (QED) is 0.672. The van der Waals surface area contributed by atoms with Gasteiger partial charge in [-0.1, -0.05) is 30.3 Å². The van der Waals surface area contributed by atoms with Crippen LogP contribution in [0.15, 0.2) is 30.3 Å². The van der Waals surface area contributed by atoms with E-state index in [4.69, 9.17) is 0 Å². The second-order valence-corrected chi connectivity index (χ2v) is 4.64. The topological polar surface area (TPSA) is 24.7 Å². The largest absolute Gasteiger partial charge is 0.468 e. The van der Waals surface area contributed by atoms with Crippen molar-refractivity contribution in [3.63, 3.8) is 0 Å². The molecule has 1 saturated heterocycles. The van der Waals surface area contributed by atoms with Crippen LogP contribution in [0.25, 0.3) is 0 Å². The van der Waals surface area contributed by atoms with Crippen molar-refractivity contribution in [1.82, 2.24) is 0 Å². The fourth-order valence-corrected chi connectivity index (χ4v) is 2.22. The van der Waals surface area contributed by atoms with Gasteiger partial charge in [-0.2, -0.15) is 7.05 Å². The highest BCUT2D eigenvalue weighted by molar-refractivity contribution is 5.17. The minimum absolute atomic E-state index is 0.497. The van der Waals surface area contributed by atoms with Crippen LogP contribution in [0, 0.1) is 7.05 Å². The molecule has 0 spiro atoms. The van der Waals surface area contributed by atoms with Gasteiger partial charge in [-0.3, -0.25) is 0 Å². The molecule has 2 N–H and O–H groups in total. The molecule has 1 aliphatic rings. The zero-order valence-corrected chi connectivity index (χ0v) is 9.08. The minimum Gasteiger partial charge on any atom is -0.468 e. The molecule has 2 nitrogen and oxygen atoms in total. The molecule has 2 rings (SSSR count). The molecule has 15 heavy (non-hydrogen) atoms. The fraction of sp³-hybridized carbons (Fsp3) is 0.462. The van der Waals surface area contributed by atoms with E-state index in [9.17, 15) is 5.11 Å². The van der Waals surface area contributed by atoms with Crippen LogP contribution in [0.5, 0.6) is 0 Å². The maximum atomic E-state index is 10.4. The number of nitrogens with one attached hydrogen (secondary N) is 1. The molecule has 1 aliphatic heterocycles. The third-order valence-corrected chi connectivity index (χ3v) is 3.26. The highest BCUT2D eigenvalue weighted by Gasteiger charge is 2.31. The Morgan fingerprint density at radius 1 is 1.20 bits per heavy atom. The van der Waals surface area contributed by atoms with Gasteiger partial charge in [-0.15, -0.1) is 0 Å². The van der Waals surface area contributed by atoms with Crippen LogP contribution < -0.4 is 4.90 Å². The summed E-state index contributed by atoms with van der Waals surface area (Å²) in [6.45, 7) is 1.95. The minimum atomic E-state index is -0.497. The van der Waals surface area contributed by atoms with E-state index in [0.29, 0.717) is 0 Å². The Labute approximate surface area is 91.5 Å². The molecular weight excluding hydrogens is 186 g/mol. The molecule has 0 radical (unpaired) electrons. The van der Waals surface area contributed by atoms with E-state index < -0.39 is 5.60 Å². The molecule has 0 aliphatic carbocycles. The van der Waals surface area contributed by atoms with Crippen molar-refractivity contribution in [2.45, 2.75) is 24.9 Å². The van der Waals surface area contributed by atoms with Crippen molar-refractivity contribution in [1.29, 1.82) is 0 Å². The summed E-state index contributed by atoms with van der Waals surface area (Å²) in [5.74, 6) is 0. The number of likely N-dealkylation sites (tertiary alicyclic amines) is 1. The van der Waals surface area contributed by atoms with E-state index >= 15 is 0 Å². The highest BCUT2D eigenvalue weighted by Crippen LogP contribution is 2.21. The Morgan fingerprint density at radius 2 is 1.80 bits per heavy atom. The molecule has 0 bridgehead atoms. The lowest BCUT2D eigenvalue weighted by Crippen LogP contribution is -3.08. The van der Waals surface area contributed by atoms with Gasteiger partial charge < -0.3 is 10.0 Å². The second-order valence-electron chi connectivity index (χ2n) is 4.64. The molecule has 0 aromatic heterocycles. The summed E-state index contributed by atoms with van der Waals surface area (Å²) >= 11 is 0. The summed E-state index contributed by atoms with van der Waals surface area (Å²) in [4.78, 5) is 1.28. The summed E-state index contributed by atoms with van der Waals surface area (Å²) < 4.78 is 0. The number of hydrogen-bond acceptors (Lipinski definition) is 1. The Morgan fingerprint density at radius 3 is 2.40 bits per heavy atom. The van der Waals surface area contributed by atoms with Crippen molar-refractivity contribution in [2.75, 3.05) is 13.1 Å². The zero-order valence-electron chi connectivity index (χ0n) is 9.08. The summed E-state index contributed by atoms with van der Waals surface area (Å²) in [6.07, 6.45) is 2.50. The van der Waals surface area contributed by atoms with E-state index in [1.807, 2.05) is 18.2 Å². The summed E-state index contributed by atoms with van der Waals surface area (Å²) in [5, 5.41) is 10.4. The normalized spacial score (nSPS) is 31.5. The van der Waals surface area contributed by atoms with Gasteiger partial charge in [0.15, 0.2) is 0 Å². The van der Waals surface area contributed by atoms with E-state index in [2.05, 4.69) is 19.2 Å². The first-order valence-electron chi connectivity index (χ1n) is 5.61. The van der Waals surface area contributed by atoms with Crippen molar-refractivity contribution in [2.24, 2.45) is 0 Å². The Balaban J connectivity index is 1.99. The summed E-state index contributed by atoms with van der Waals surface area (Å²) in [7, 11) is 3.98. The maximum absolute atomic E-state index is 10.4. The maximum Gasteiger partial charge on any atom is 0.0793 e. The first kappa shape index (κ1) is 10.7. The Bertz CT molecular complexity index is 302. The van der Waals surface area contributed by atoms with Crippen LogP contribution in [-0.4, -0.2) is 23.8 Å². The monoisotopic (exact) mass is 205 g/mol. The highest BCUT2D eigenvalue weighted by atomic mass is 16.3. The average Bonchev–Trinajstić information content (AvgIpc) is 2.24. The van der Waals surface area contributed by atoms with Gasteiger partial charge in [0.25, 0.3) is 0 Å². The molecule has 0 atom stereocenters. The lowest BCUT2D eigenvalue weighted by atomic mass is 9.85. The number of quaternary nitrogens is 1. The number of piperidine rings is 1. The third kappa shape index (κ3) is 2.80.